The topological polar surface area (TPSA) is 75.1 Å². The number of aliphatic hydroxyl groups is 1. The van der Waals surface area contributed by atoms with E-state index in [9.17, 15) is 5.11 Å². The van der Waals surface area contributed by atoms with E-state index in [2.05, 4.69) is 63.5 Å². The van der Waals surface area contributed by atoms with Crippen LogP contribution < -0.4 is 15.4 Å². The molecular weight excluding hydrogens is 481 g/mol. The van der Waals surface area contributed by atoms with Crippen molar-refractivity contribution in [1.29, 1.82) is 0 Å². The summed E-state index contributed by atoms with van der Waals surface area (Å²) in [5.74, 6) is 1.65. The molecule has 0 amide bonds. The summed E-state index contributed by atoms with van der Waals surface area (Å²) in [6, 6.07) is 6.25. The Labute approximate surface area is 192 Å². The number of aliphatic hydroxyl groups excluding tert-OH is 1. The summed E-state index contributed by atoms with van der Waals surface area (Å²) in [5.41, 5.74) is 1.96. The lowest BCUT2D eigenvalue weighted by Crippen LogP contribution is -2.44. The van der Waals surface area contributed by atoms with E-state index < -0.39 is 0 Å². The van der Waals surface area contributed by atoms with Crippen LogP contribution in [0.2, 0.25) is 0 Å². The summed E-state index contributed by atoms with van der Waals surface area (Å²) in [4.78, 5) is 4.77. The van der Waals surface area contributed by atoms with Crippen LogP contribution in [0.3, 0.4) is 0 Å². The van der Waals surface area contributed by atoms with Gasteiger partial charge in [0, 0.05) is 37.3 Å². The van der Waals surface area contributed by atoms with Crippen molar-refractivity contribution in [2.45, 2.75) is 59.6 Å². The number of halogens is 1. The summed E-state index contributed by atoms with van der Waals surface area (Å²) in [5, 5.41) is 16.2. The normalized spacial score (nSPS) is 19.6. The number of nitrogens with one attached hydrogen (secondary N) is 2. The average Bonchev–Trinajstić information content (AvgIpc) is 3.06. The van der Waals surface area contributed by atoms with Gasteiger partial charge in [0.05, 0.1) is 13.2 Å². The maximum Gasteiger partial charge on any atom is 0.191 e. The monoisotopic (exact) mass is 519 g/mol. The van der Waals surface area contributed by atoms with Gasteiger partial charge in [-0.1, -0.05) is 12.1 Å². The Morgan fingerprint density at radius 1 is 1.31 bits per heavy atom. The number of benzene rings is 1. The van der Waals surface area contributed by atoms with Crippen molar-refractivity contribution in [2.75, 3.05) is 32.9 Å². The predicted molar refractivity (Wildman–Crippen MR) is 129 cm³/mol. The van der Waals surface area contributed by atoms with Gasteiger partial charge in [-0.2, -0.15) is 0 Å². The molecular formula is C22H38IN3O3. The van der Waals surface area contributed by atoms with E-state index in [-0.39, 0.29) is 41.6 Å². The summed E-state index contributed by atoms with van der Waals surface area (Å²) in [7, 11) is 0. The third-order valence-electron chi connectivity index (χ3n) is 4.85. The molecule has 7 heteroatoms. The van der Waals surface area contributed by atoms with Gasteiger partial charge in [-0.25, -0.2) is 4.99 Å². The van der Waals surface area contributed by atoms with Gasteiger partial charge in [0.15, 0.2) is 5.96 Å². The zero-order chi connectivity index (χ0) is 20.6. The largest absolute Gasteiger partial charge is 0.488 e. The van der Waals surface area contributed by atoms with Crippen molar-refractivity contribution < 1.29 is 14.6 Å². The molecule has 1 fully saturated rings. The average molecular weight is 519 g/mol. The van der Waals surface area contributed by atoms with E-state index in [1.54, 1.807) is 0 Å². The van der Waals surface area contributed by atoms with Crippen molar-refractivity contribution in [3.63, 3.8) is 0 Å². The Morgan fingerprint density at radius 3 is 2.66 bits per heavy atom. The van der Waals surface area contributed by atoms with Crippen molar-refractivity contribution in [2.24, 2.45) is 10.4 Å². The quantitative estimate of drug-likeness (QED) is 0.278. The molecule has 1 atom stereocenters. The Morgan fingerprint density at radius 2 is 2.07 bits per heavy atom. The van der Waals surface area contributed by atoms with Crippen LogP contribution in [0.1, 0.15) is 51.7 Å². The molecule has 0 aromatic heterocycles. The van der Waals surface area contributed by atoms with Gasteiger partial charge < -0.3 is 25.2 Å². The molecule has 1 heterocycles. The second kappa shape index (κ2) is 12.0. The number of hydrogen-bond acceptors (Lipinski definition) is 4. The molecule has 3 N–H and O–H groups in total. The standard InChI is InChI=1S/C22H37N3O3.HI/c1-6-23-20(25-15-22(9-11-26)10-12-27-16-22)24-14-18-8-7-17(2)13-19(18)28-21(3,4)5;/h7-8,13,26H,6,9-12,14-16H2,1-5H3,(H2,23,24,25);1H. The SMILES string of the molecule is CCNC(=NCc1ccc(C)cc1OC(C)(C)C)NCC1(CCO)CCOC1.I. The van der Waals surface area contributed by atoms with Crippen LogP contribution in [0, 0.1) is 12.3 Å². The first kappa shape index (κ1) is 26.0. The summed E-state index contributed by atoms with van der Waals surface area (Å²) >= 11 is 0. The van der Waals surface area contributed by atoms with Gasteiger partial charge in [-0.05, 0) is 59.1 Å². The molecule has 6 nitrogen and oxygen atoms in total. The van der Waals surface area contributed by atoms with Crippen molar-refractivity contribution >= 4 is 29.9 Å². The number of aliphatic imine (C=N–C) groups is 1. The molecule has 0 bridgehead atoms. The van der Waals surface area contributed by atoms with E-state index in [4.69, 9.17) is 14.5 Å². The fourth-order valence-corrected chi connectivity index (χ4v) is 3.31. The second-order valence-corrected chi connectivity index (χ2v) is 8.65. The Kier molecular flexibility index (Phi) is 10.7. The summed E-state index contributed by atoms with van der Waals surface area (Å²) in [6.45, 7) is 14.0. The van der Waals surface area contributed by atoms with Gasteiger partial charge in [0.25, 0.3) is 0 Å². The Bertz CT molecular complexity index is 653. The number of ether oxygens (including phenoxy) is 2. The van der Waals surface area contributed by atoms with Gasteiger partial charge in [-0.3, -0.25) is 0 Å². The molecule has 1 unspecified atom stereocenters. The number of nitrogens with zero attached hydrogens (tertiary/aromatic N) is 1. The minimum atomic E-state index is -0.256. The lowest BCUT2D eigenvalue weighted by Gasteiger charge is -2.28. The minimum Gasteiger partial charge on any atom is -0.488 e. The number of hydrogen-bond donors (Lipinski definition) is 3. The minimum absolute atomic E-state index is 0. The van der Waals surface area contributed by atoms with E-state index >= 15 is 0 Å². The van der Waals surface area contributed by atoms with Crippen LogP contribution in [-0.2, 0) is 11.3 Å². The van der Waals surface area contributed by atoms with Crippen LogP contribution in [0.25, 0.3) is 0 Å². The highest BCUT2D eigenvalue weighted by Crippen LogP contribution is 2.31. The van der Waals surface area contributed by atoms with E-state index in [1.165, 1.54) is 5.56 Å². The lowest BCUT2D eigenvalue weighted by atomic mass is 9.84. The molecule has 0 aliphatic carbocycles. The smallest absolute Gasteiger partial charge is 0.191 e. The molecule has 0 radical (unpaired) electrons. The highest BCUT2D eigenvalue weighted by Gasteiger charge is 2.34. The van der Waals surface area contributed by atoms with Gasteiger partial charge in [0.1, 0.15) is 11.4 Å². The van der Waals surface area contributed by atoms with E-state index in [1.807, 2.05) is 0 Å². The molecule has 1 saturated heterocycles. The summed E-state index contributed by atoms with van der Waals surface area (Å²) < 4.78 is 11.7. The van der Waals surface area contributed by atoms with Crippen LogP contribution in [-0.4, -0.2) is 49.6 Å². The number of guanidine groups is 1. The maximum absolute atomic E-state index is 9.42. The molecule has 166 valence electrons. The first-order chi connectivity index (χ1) is 13.3. The molecule has 2 rings (SSSR count). The van der Waals surface area contributed by atoms with Gasteiger partial charge in [0.2, 0.25) is 0 Å². The fourth-order valence-electron chi connectivity index (χ4n) is 3.31. The Balaban J connectivity index is 0.00000420. The van der Waals surface area contributed by atoms with Gasteiger partial charge in [-0.15, -0.1) is 24.0 Å². The molecule has 0 spiro atoms. The molecule has 1 aromatic carbocycles. The summed E-state index contributed by atoms with van der Waals surface area (Å²) in [6.07, 6.45) is 1.70. The highest BCUT2D eigenvalue weighted by molar-refractivity contribution is 14.0. The van der Waals surface area contributed by atoms with Gasteiger partial charge >= 0.3 is 0 Å². The zero-order valence-electron chi connectivity index (χ0n) is 18.5. The third-order valence-corrected chi connectivity index (χ3v) is 4.85. The van der Waals surface area contributed by atoms with Crippen LogP contribution in [0.4, 0.5) is 0 Å². The second-order valence-electron chi connectivity index (χ2n) is 8.65. The van der Waals surface area contributed by atoms with Crippen molar-refractivity contribution in [3.8, 4) is 5.75 Å². The van der Waals surface area contributed by atoms with E-state index in [0.717, 1.165) is 49.8 Å². The molecule has 1 aliphatic heterocycles. The van der Waals surface area contributed by atoms with Crippen molar-refractivity contribution in [1.82, 2.24) is 10.6 Å². The van der Waals surface area contributed by atoms with Crippen LogP contribution in [0.15, 0.2) is 23.2 Å². The zero-order valence-corrected chi connectivity index (χ0v) is 20.8. The third kappa shape index (κ3) is 8.68. The highest BCUT2D eigenvalue weighted by atomic mass is 127. The molecule has 29 heavy (non-hydrogen) atoms. The first-order valence-electron chi connectivity index (χ1n) is 10.3. The molecule has 1 aliphatic rings. The van der Waals surface area contributed by atoms with E-state index in [0.29, 0.717) is 13.2 Å². The number of aryl methyl sites for hydroxylation is 1. The van der Waals surface area contributed by atoms with Crippen molar-refractivity contribution in [3.05, 3.63) is 29.3 Å². The number of rotatable bonds is 8. The van der Waals surface area contributed by atoms with Crippen LogP contribution >= 0.6 is 24.0 Å². The Hall–Kier alpha value is -1.06. The molecule has 1 aromatic rings. The lowest BCUT2D eigenvalue weighted by molar-refractivity contribution is 0.127. The maximum atomic E-state index is 9.42. The first-order valence-corrected chi connectivity index (χ1v) is 10.3. The fraction of sp³-hybridized carbons (Fsp3) is 0.682. The predicted octanol–water partition coefficient (Wildman–Crippen LogP) is 3.63. The molecule has 0 saturated carbocycles. The van der Waals surface area contributed by atoms with Crippen LogP contribution in [0.5, 0.6) is 5.75 Å².